The standard InChI is InChI=1S/C30H34Cl2N2O3/c1-30(2,3)33-29(36)27(20-22-8-5-4-6-9-22)34(21-23-11-13-24(31)14-12-23)28(35)10-7-19-37-26-17-15-25(32)16-18-26/h4-6,8-9,11-18,27H,7,10,19-21H2,1-3H3,(H,33,36)/t27-/m0/s1. The fraction of sp³-hybridized carbons (Fsp3) is 0.333. The Balaban J connectivity index is 1.80. The van der Waals surface area contributed by atoms with Crippen LogP contribution in [0.2, 0.25) is 10.0 Å². The highest BCUT2D eigenvalue weighted by molar-refractivity contribution is 6.30. The van der Waals surface area contributed by atoms with Crippen LogP contribution in [0.3, 0.4) is 0 Å². The van der Waals surface area contributed by atoms with Gasteiger partial charge in [-0.2, -0.15) is 0 Å². The normalized spacial score (nSPS) is 12.0. The van der Waals surface area contributed by atoms with Crippen molar-refractivity contribution >= 4 is 35.0 Å². The highest BCUT2D eigenvalue weighted by Gasteiger charge is 2.32. The number of carbonyl (C=O) groups is 2. The van der Waals surface area contributed by atoms with Crippen molar-refractivity contribution in [3.63, 3.8) is 0 Å². The van der Waals surface area contributed by atoms with Gasteiger partial charge in [0.25, 0.3) is 0 Å². The third-order valence-electron chi connectivity index (χ3n) is 5.65. The summed E-state index contributed by atoms with van der Waals surface area (Å²) in [6.45, 7) is 6.47. The molecular formula is C30H34Cl2N2O3. The summed E-state index contributed by atoms with van der Waals surface area (Å²) in [4.78, 5) is 28.8. The molecule has 0 aliphatic rings. The van der Waals surface area contributed by atoms with Crippen molar-refractivity contribution in [1.82, 2.24) is 10.2 Å². The average molecular weight is 542 g/mol. The van der Waals surface area contributed by atoms with Crippen LogP contribution in [0.4, 0.5) is 0 Å². The van der Waals surface area contributed by atoms with E-state index in [1.807, 2.05) is 63.2 Å². The number of carbonyl (C=O) groups excluding carboxylic acids is 2. The molecule has 0 spiro atoms. The van der Waals surface area contributed by atoms with Gasteiger partial charge in [0.05, 0.1) is 6.61 Å². The molecule has 1 N–H and O–H groups in total. The van der Waals surface area contributed by atoms with Gasteiger partial charge in [0.1, 0.15) is 11.8 Å². The van der Waals surface area contributed by atoms with Crippen LogP contribution in [-0.2, 0) is 22.6 Å². The molecule has 3 aromatic rings. The summed E-state index contributed by atoms with van der Waals surface area (Å²) >= 11 is 12.0. The molecule has 0 fully saturated rings. The Bertz CT molecular complexity index is 1140. The van der Waals surface area contributed by atoms with Crippen LogP contribution in [0, 0.1) is 0 Å². The second-order valence-electron chi connectivity index (χ2n) is 10.00. The number of rotatable bonds is 11. The lowest BCUT2D eigenvalue weighted by molar-refractivity contribution is -0.142. The largest absolute Gasteiger partial charge is 0.494 e. The van der Waals surface area contributed by atoms with Crippen molar-refractivity contribution in [3.8, 4) is 5.75 Å². The summed E-state index contributed by atoms with van der Waals surface area (Å²) in [7, 11) is 0. The zero-order valence-electron chi connectivity index (χ0n) is 21.5. The Hall–Kier alpha value is -3.02. The van der Waals surface area contributed by atoms with Crippen LogP contribution in [0.5, 0.6) is 5.75 Å². The summed E-state index contributed by atoms with van der Waals surface area (Å²) in [5, 5.41) is 4.33. The zero-order valence-corrected chi connectivity index (χ0v) is 23.1. The molecule has 0 aromatic heterocycles. The van der Waals surface area contributed by atoms with E-state index in [4.69, 9.17) is 27.9 Å². The maximum atomic E-state index is 13.6. The highest BCUT2D eigenvalue weighted by atomic mass is 35.5. The molecule has 37 heavy (non-hydrogen) atoms. The second-order valence-corrected chi connectivity index (χ2v) is 10.9. The molecule has 0 unspecified atom stereocenters. The van der Waals surface area contributed by atoms with Gasteiger partial charge in [-0.05, 0) is 74.7 Å². The van der Waals surface area contributed by atoms with E-state index in [0.717, 1.165) is 11.1 Å². The molecule has 0 heterocycles. The lowest BCUT2D eigenvalue weighted by Gasteiger charge is -2.34. The van der Waals surface area contributed by atoms with Crippen molar-refractivity contribution < 1.29 is 14.3 Å². The third-order valence-corrected chi connectivity index (χ3v) is 6.16. The van der Waals surface area contributed by atoms with Gasteiger partial charge in [0.15, 0.2) is 0 Å². The number of ether oxygens (including phenoxy) is 1. The molecule has 0 bridgehead atoms. The minimum absolute atomic E-state index is 0.111. The first-order valence-electron chi connectivity index (χ1n) is 12.4. The maximum Gasteiger partial charge on any atom is 0.243 e. The highest BCUT2D eigenvalue weighted by Crippen LogP contribution is 2.20. The summed E-state index contributed by atoms with van der Waals surface area (Å²) in [5.41, 5.74) is 1.45. The van der Waals surface area contributed by atoms with Crippen molar-refractivity contribution in [2.24, 2.45) is 0 Å². The fourth-order valence-electron chi connectivity index (χ4n) is 3.88. The van der Waals surface area contributed by atoms with Crippen LogP contribution in [-0.4, -0.2) is 34.9 Å². The number of hydrogen-bond donors (Lipinski definition) is 1. The van der Waals surface area contributed by atoms with E-state index in [1.54, 1.807) is 41.3 Å². The molecule has 1 atom stereocenters. The van der Waals surface area contributed by atoms with Crippen molar-refractivity contribution in [1.29, 1.82) is 0 Å². The summed E-state index contributed by atoms with van der Waals surface area (Å²) in [6.07, 6.45) is 1.16. The van der Waals surface area contributed by atoms with E-state index in [9.17, 15) is 9.59 Å². The molecule has 3 rings (SSSR count). The predicted octanol–water partition coefficient (Wildman–Crippen LogP) is 6.71. The molecular weight excluding hydrogens is 507 g/mol. The van der Waals surface area contributed by atoms with Gasteiger partial charge in [-0.25, -0.2) is 0 Å². The first kappa shape index (κ1) is 28.5. The van der Waals surface area contributed by atoms with Gasteiger partial charge in [-0.15, -0.1) is 0 Å². The molecule has 3 aromatic carbocycles. The van der Waals surface area contributed by atoms with E-state index < -0.39 is 11.6 Å². The second kappa shape index (κ2) is 13.5. The van der Waals surface area contributed by atoms with Crippen molar-refractivity contribution in [2.75, 3.05) is 6.61 Å². The number of halogens is 2. The Morgan fingerprint density at radius 3 is 2.05 bits per heavy atom. The quantitative estimate of drug-likeness (QED) is 0.275. The predicted molar refractivity (Wildman–Crippen MR) is 150 cm³/mol. The topological polar surface area (TPSA) is 58.6 Å². The number of amides is 2. The molecule has 2 amide bonds. The van der Waals surface area contributed by atoms with E-state index in [0.29, 0.717) is 41.8 Å². The average Bonchev–Trinajstić information content (AvgIpc) is 2.85. The summed E-state index contributed by atoms with van der Waals surface area (Å²) in [5.74, 6) is 0.400. The minimum atomic E-state index is -0.679. The molecule has 0 saturated heterocycles. The van der Waals surface area contributed by atoms with Crippen LogP contribution in [0.25, 0.3) is 0 Å². The van der Waals surface area contributed by atoms with Gasteiger partial charge >= 0.3 is 0 Å². The van der Waals surface area contributed by atoms with Crippen molar-refractivity contribution in [2.45, 2.75) is 58.2 Å². The number of nitrogens with zero attached hydrogens (tertiary/aromatic N) is 1. The third kappa shape index (κ3) is 9.75. The summed E-state index contributed by atoms with van der Waals surface area (Å²) < 4.78 is 5.77. The van der Waals surface area contributed by atoms with Crippen molar-refractivity contribution in [3.05, 3.63) is 100 Å². The van der Waals surface area contributed by atoms with Gasteiger partial charge in [-0.3, -0.25) is 9.59 Å². The lowest BCUT2D eigenvalue weighted by Crippen LogP contribution is -2.54. The Morgan fingerprint density at radius 2 is 1.46 bits per heavy atom. The van der Waals surface area contributed by atoms with Crippen LogP contribution < -0.4 is 10.1 Å². The minimum Gasteiger partial charge on any atom is -0.494 e. The Morgan fingerprint density at radius 1 is 0.865 bits per heavy atom. The van der Waals surface area contributed by atoms with Gasteiger partial charge in [0, 0.05) is 35.0 Å². The molecule has 0 radical (unpaired) electrons. The van der Waals surface area contributed by atoms with Gasteiger partial charge < -0.3 is 15.0 Å². The molecule has 0 aliphatic heterocycles. The molecule has 7 heteroatoms. The monoisotopic (exact) mass is 540 g/mol. The lowest BCUT2D eigenvalue weighted by atomic mass is 10.00. The van der Waals surface area contributed by atoms with Crippen LogP contribution >= 0.6 is 23.2 Å². The number of hydrogen-bond acceptors (Lipinski definition) is 3. The van der Waals surface area contributed by atoms with Gasteiger partial charge in [0.2, 0.25) is 11.8 Å². The maximum absolute atomic E-state index is 13.6. The Kier molecular flexibility index (Phi) is 10.4. The van der Waals surface area contributed by atoms with E-state index >= 15 is 0 Å². The van der Waals surface area contributed by atoms with E-state index in [-0.39, 0.29) is 18.2 Å². The van der Waals surface area contributed by atoms with Crippen LogP contribution in [0.1, 0.15) is 44.7 Å². The fourth-order valence-corrected chi connectivity index (χ4v) is 4.13. The van der Waals surface area contributed by atoms with E-state index in [2.05, 4.69) is 5.32 Å². The SMILES string of the molecule is CC(C)(C)NC(=O)[C@H](Cc1ccccc1)N(Cc1ccc(Cl)cc1)C(=O)CCCOc1ccc(Cl)cc1. The van der Waals surface area contributed by atoms with Crippen LogP contribution in [0.15, 0.2) is 78.9 Å². The summed E-state index contributed by atoms with van der Waals surface area (Å²) in [6, 6.07) is 23.5. The number of nitrogens with one attached hydrogen (secondary N) is 1. The van der Waals surface area contributed by atoms with Gasteiger partial charge in [-0.1, -0.05) is 65.7 Å². The molecule has 196 valence electrons. The van der Waals surface area contributed by atoms with E-state index in [1.165, 1.54) is 0 Å². The number of benzene rings is 3. The molecule has 5 nitrogen and oxygen atoms in total. The first-order valence-corrected chi connectivity index (χ1v) is 13.1. The molecule has 0 aliphatic carbocycles. The zero-order chi connectivity index (χ0) is 26.8. The smallest absolute Gasteiger partial charge is 0.243 e. The molecule has 0 saturated carbocycles. The first-order chi connectivity index (χ1) is 17.6. The Labute approximate surface area is 229 Å².